The number of aliphatic hydroxyl groups is 1. The van der Waals surface area contributed by atoms with E-state index in [2.05, 4.69) is 36.1 Å². The van der Waals surface area contributed by atoms with E-state index in [1.165, 1.54) is 50.9 Å². The van der Waals surface area contributed by atoms with Gasteiger partial charge in [-0.2, -0.15) is 0 Å². The fourth-order valence-corrected chi connectivity index (χ4v) is 3.08. The van der Waals surface area contributed by atoms with Crippen molar-refractivity contribution < 1.29 is 5.11 Å². The lowest BCUT2D eigenvalue weighted by Crippen LogP contribution is -2.24. The van der Waals surface area contributed by atoms with E-state index in [4.69, 9.17) is 0 Å². The molecule has 2 rings (SSSR count). The van der Waals surface area contributed by atoms with Crippen molar-refractivity contribution in [3.8, 4) is 0 Å². The number of aliphatic hydroxyl groups excluding tert-OH is 1. The zero-order valence-electron chi connectivity index (χ0n) is 12.3. The summed E-state index contributed by atoms with van der Waals surface area (Å²) in [5, 5.41) is 9.55. The second kappa shape index (κ2) is 6.95. The maximum Gasteiger partial charge on any atom is 0.0761 e. The van der Waals surface area contributed by atoms with E-state index in [1.54, 1.807) is 0 Å². The van der Waals surface area contributed by atoms with Crippen LogP contribution in [-0.4, -0.2) is 18.2 Å². The maximum atomic E-state index is 9.55. The Kier molecular flexibility index (Phi) is 5.26. The fourth-order valence-electron chi connectivity index (χ4n) is 3.08. The number of benzene rings is 1. The van der Waals surface area contributed by atoms with Gasteiger partial charge in [0.1, 0.15) is 0 Å². The molecule has 0 bridgehead atoms. The Morgan fingerprint density at radius 3 is 2.58 bits per heavy atom. The van der Waals surface area contributed by atoms with E-state index in [9.17, 15) is 5.11 Å². The van der Waals surface area contributed by atoms with Crippen molar-refractivity contribution in [1.82, 2.24) is 0 Å². The van der Waals surface area contributed by atoms with Crippen molar-refractivity contribution in [2.45, 2.75) is 52.1 Å². The van der Waals surface area contributed by atoms with Gasteiger partial charge in [-0.1, -0.05) is 31.9 Å². The topological polar surface area (TPSA) is 23.5 Å². The first-order valence-electron chi connectivity index (χ1n) is 7.73. The van der Waals surface area contributed by atoms with Crippen molar-refractivity contribution in [2.24, 2.45) is 5.92 Å². The van der Waals surface area contributed by atoms with Gasteiger partial charge in [-0.15, -0.1) is 0 Å². The minimum atomic E-state index is -0.368. The molecule has 1 heterocycles. The molecular weight excluding hydrogens is 234 g/mol. The second-order valence-corrected chi connectivity index (χ2v) is 5.84. The Morgan fingerprint density at radius 2 is 1.95 bits per heavy atom. The summed E-state index contributed by atoms with van der Waals surface area (Å²) >= 11 is 0. The zero-order valence-corrected chi connectivity index (χ0v) is 12.3. The van der Waals surface area contributed by atoms with Crippen LogP contribution in [0.4, 0.5) is 5.69 Å². The van der Waals surface area contributed by atoms with Crippen molar-refractivity contribution in [1.29, 1.82) is 0 Å². The van der Waals surface area contributed by atoms with E-state index in [1.807, 2.05) is 6.92 Å². The highest BCUT2D eigenvalue weighted by atomic mass is 16.3. The highest BCUT2D eigenvalue weighted by molar-refractivity contribution is 5.48. The Balaban J connectivity index is 1.97. The van der Waals surface area contributed by atoms with Crippen LogP contribution in [0.2, 0.25) is 0 Å². The number of hydrogen-bond acceptors (Lipinski definition) is 2. The molecule has 0 saturated carbocycles. The van der Waals surface area contributed by atoms with Gasteiger partial charge in [-0.25, -0.2) is 0 Å². The van der Waals surface area contributed by atoms with Crippen molar-refractivity contribution in [3.05, 3.63) is 29.8 Å². The standard InChI is InChI=1S/C17H27NO/c1-3-5-15-6-4-12-18(13-11-15)17-9-7-16(8-10-17)14(2)19/h7-10,14-15,19H,3-6,11-13H2,1-2H3/t14-,15?/m1/s1. The third-order valence-corrected chi connectivity index (χ3v) is 4.29. The van der Waals surface area contributed by atoms with Crippen LogP contribution in [-0.2, 0) is 0 Å². The highest BCUT2D eigenvalue weighted by Crippen LogP contribution is 2.26. The van der Waals surface area contributed by atoms with Crippen LogP contribution in [0, 0.1) is 5.92 Å². The molecule has 19 heavy (non-hydrogen) atoms. The molecular formula is C17H27NO. The van der Waals surface area contributed by atoms with Crippen LogP contribution < -0.4 is 4.90 Å². The minimum Gasteiger partial charge on any atom is -0.389 e. The fraction of sp³-hybridized carbons (Fsp3) is 0.647. The summed E-state index contributed by atoms with van der Waals surface area (Å²) in [7, 11) is 0. The van der Waals surface area contributed by atoms with Crippen LogP contribution >= 0.6 is 0 Å². The number of nitrogens with zero attached hydrogens (tertiary/aromatic N) is 1. The van der Waals surface area contributed by atoms with Crippen LogP contribution in [0.15, 0.2) is 24.3 Å². The largest absolute Gasteiger partial charge is 0.389 e. The summed E-state index contributed by atoms with van der Waals surface area (Å²) in [5.74, 6) is 0.923. The lowest BCUT2D eigenvalue weighted by molar-refractivity contribution is 0.199. The predicted molar refractivity (Wildman–Crippen MR) is 81.5 cm³/mol. The van der Waals surface area contributed by atoms with Gasteiger partial charge in [0.2, 0.25) is 0 Å². The molecule has 1 aliphatic heterocycles. The first-order valence-corrected chi connectivity index (χ1v) is 7.73. The molecule has 0 radical (unpaired) electrons. The van der Waals surface area contributed by atoms with E-state index < -0.39 is 0 Å². The summed E-state index contributed by atoms with van der Waals surface area (Å²) in [6.45, 7) is 6.46. The minimum absolute atomic E-state index is 0.368. The molecule has 2 atom stereocenters. The van der Waals surface area contributed by atoms with E-state index in [-0.39, 0.29) is 6.10 Å². The third kappa shape index (κ3) is 3.97. The summed E-state index contributed by atoms with van der Waals surface area (Å²) in [5.41, 5.74) is 2.31. The average molecular weight is 261 g/mol. The summed E-state index contributed by atoms with van der Waals surface area (Å²) in [4.78, 5) is 2.50. The number of rotatable bonds is 4. The molecule has 1 unspecified atom stereocenters. The van der Waals surface area contributed by atoms with Gasteiger partial charge >= 0.3 is 0 Å². The third-order valence-electron chi connectivity index (χ3n) is 4.29. The molecule has 1 aromatic carbocycles. The van der Waals surface area contributed by atoms with Gasteiger partial charge in [0.05, 0.1) is 6.10 Å². The Hall–Kier alpha value is -1.02. The van der Waals surface area contributed by atoms with Crippen LogP contribution in [0.25, 0.3) is 0 Å². The van der Waals surface area contributed by atoms with Crippen molar-refractivity contribution >= 4 is 5.69 Å². The molecule has 2 nitrogen and oxygen atoms in total. The molecule has 1 aromatic rings. The van der Waals surface area contributed by atoms with E-state index >= 15 is 0 Å². The van der Waals surface area contributed by atoms with Crippen molar-refractivity contribution in [3.63, 3.8) is 0 Å². The maximum absolute atomic E-state index is 9.55. The van der Waals surface area contributed by atoms with Crippen molar-refractivity contribution in [2.75, 3.05) is 18.0 Å². The summed E-state index contributed by atoms with van der Waals surface area (Å²) in [6.07, 6.45) is 6.35. The molecule has 1 fully saturated rings. The van der Waals surface area contributed by atoms with Gasteiger partial charge in [0.25, 0.3) is 0 Å². The molecule has 0 amide bonds. The smallest absolute Gasteiger partial charge is 0.0761 e. The molecule has 106 valence electrons. The Morgan fingerprint density at radius 1 is 1.21 bits per heavy atom. The lowest BCUT2D eigenvalue weighted by atomic mass is 9.96. The van der Waals surface area contributed by atoms with Crippen LogP contribution in [0.3, 0.4) is 0 Å². The monoisotopic (exact) mass is 261 g/mol. The highest BCUT2D eigenvalue weighted by Gasteiger charge is 2.16. The Labute approximate surface area is 117 Å². The molecule has 1 N–H and O–H groups in total. The van der Waals surface area contributed by atoms with Gasteiger partial charge in [-0.05, 0) is 49.8 Å². The average Bonchev–Trinajstić information content (AvgIpc) is 2.65. The first kappa shape index (κ1) is 14.4. The quantitative estimate of drug-likeness (QED) is 0.880. The molecule has 2 heteroatoms. The second-order valence-electron chi connectivity index (χ2n) is 5.84. The Bertz CT molecular complexity index is 371. The zero-order chi connectivity index (χ0) is 13.7. The van der Waals surface area contributed by atoms with Crippen LogP contribution in [0.5, 0.6) is 0 Å². The summed E-state index contributed by atoms with van der Waals surface area (Å²) in [6, 6.07) is 8.41. The molecule has 1 saturated heterocycles. The molecule has 0 aliphatic carbocycles. The lowest BCUT2D eigenvalue weighted by Gasteiger charge is -2.23. The van der Waals surface area contributed by atoms with Gasteiger partial charge in [0.15, 0.2) is 0 Å². The normalized spacial score (nSPS) is 22.1. The molecule has 1 aliphatic rings. The molecule has 0 aromatic heterocycles. The first-order chi connectivity index (χ1) is 9.20. The summed E-state index contributed by atoms with van der Waals surface area (Å²) < 4.78 is 0. The van der Waals surface area contributed by atoms with Gasteiger partial charge in [0, 0.05) is 18.8 Å². The van der Waals surface area contributed by atoms with E-state index in [0.717, 1.165) is 11.5 Å². The molecule has 0 spiro atoms. The number of hydrogen-bond donors (Lipinski definition) is 1. The van der Waals surface area contributed by atoms with Gasteiger partial charge in [-0.3, -0.25) is 0 Å². The SMILES string of the molecule is CCCC1CCCN(c2ccc([C@@H](C)O)cc2)CC1. The predicted octanol–water partition coefficient (Wildman–Crippen LogP) is 4.15. The van der Waals surface area contributed by atoms with E-state index in [0.29, 0.717) is 0 Å². The van der Waals surface area contributed by atoms with Gasteiger partial charge < -0.3 is 10.0 Å². The number of anilines is 1. The van der Waals surface area contributed by atoms with Crippen LogP contribution in [0.1, 0.15) is 57.6 Å².